The number of hydrogen-bond acceptors (Lipinski definition) is 30. The first kappa shape index (κ1) is 104. The Kier molecular flexibility index (Phi) is 33.6. The van der Waals surface area contributed by atoms with Gasteiger partial charge in [-0.25, -0.2) is 67.3 Å². The van der Waals surface area contributed by atoms with Gasteiger partial charge in [0, 0.05) is 39.9 Å². The molecule has 0 N–H and O–H groups in total. The van der Waals surface area contributed by atoms with Crippen molar-refractivity contribution in [1.29, 1.82) is 0 Å². The molecule has 20 rings (SSSR count). The van der Waals surface area contributed by atoms with E-state index < -0.39 is 29.8 Å². The number of rotatable bonds is 22. The molecule has 43 heteroatoms. The number of benzene rings is 10. The molecule has 0 aliphatic heterocycles. The molecule has 730 valence electrons. The van der Waals surface area contributed by atoms with E-state index in [4.69, 9.17) is 103 Å². The molecule has 145 heavy (non-hydrogen) atoms. The fraction of sp³-hybridized carbons (Fsp3) is 0.118. The van der Waals surface area contributed by atoms with E-state index in [0.29, 0.717) is 134 Å². The van der Waals surface area contributed by atoms with Gasteiger partial charge in [0.05, 0.1) is 97.0 Å². The molecule has 0 amide bonds. The first-order valence-electron chi connectivity index (χ1n) is 43.6. The van der Waals surface area contributed by atoms with Crippen LogP contribution >= 0.6 is 148 Å². The lowest BCUT2D eigenvalue weighted by atomic mass is 10.1. The maximum absolute atomic E-state index is 12.4. The predicted molar refractivity (Wildman–Crippen MR) is 569 cm³/mol. The maximum atomic E-state index is 12.4. The summed E-state index contributed by atoms with van der Waals surface area (Å²) < 4.78 is 56.9. The van der Waals surface area contributed by atoms with Crippen LogP contribution in [0.5, 0.6) is 0 Å². The molecule has 0 fully saturated rings. The van der Waals surface area contributed by atoms with Crippen LogP contribution in [0.4, 0.5) is 0 Å². The summed E-state index contributed by atoms with van der Waals surface area (Å²) in [6.45, 7) is 14.1. The summed E-state index contributed by atoms with van der Waals surface area (Å²) in [7, 11) is 3.87. The molecule has 0 bridgehead atoms. The van der Waals surface area contributed by atoms with Crippen molar-refractivity contribution < 1.29 is 52.2 Å². The Morgan fingerprint density at radius 3 is 0.945 bits per heavy atom. The summed E-state index contributed by atoms with van der Waals surface area (Å²) in [5.41, 5.74) is 16.3. The third kappa shape index (κ3) is 23.5. The summed E-state index contributed by atoms with van der Waals surface area (Å²) in [4.78, 5) is 84.3. The molecule has 31 nitrogen and oxygen atoms in total. The number of hydrogen-bond donors (Lipinski definition) is 0. The van der Waals surface area contributed by atoms with Crippen molar-refractivity contribution in [2.24, 2.45) is 0 Å². The van der Waals surface area contributed by atoms with Gasteiger partial charge in [-0.3, -0.25) is 0 Å². The van der Waals surface area contributed by atoms with E-state index in [2.05, 4.69) is 99.9 Å². The van der Waals surface area contributed by atoms with Crippen molar-refractivity contribution in [3.8, 4) is 140 Å². The van der Waals surface area contributed by atoms with Crippen molar-refractivity contribution in [2.75, 3.05) is 34.5 Å². The second kappa shape index (κ2) is 47.0. The Morgan fingerprint density at radius 1 is 0.317 bits per heavy atom. The maximum Gasteiger partial charge on any atom is 0.360 e. The SMILES string of the molecule is CCOC(=O)c1cc(-c2nc(-c3cccc(C)c3)ns2)n(-c2ccccc2Cl)n1.CCOC(=O)c1nn(-c2ccccc2Cl)c(-c2nc(-c3cccc(C)c3)ns2)c1Br.COC(=O)c1cc(-c2nc(-c3cccc(C)c3)ns2)n(-c2ccccc2Cl)n1.COC(=O)c1nn(-c2ccccc2Cl)c(-c2nc(-c3cccc(C)c3)no2)c1Cl.COC(=O)c1nn(-c2ccccc2Cl)c(-c2nc(-c3cccc(C)c3)ns2)c1Br. The summed E-state index contributed by atoms with van der Waals surface area (Å²) in [5.74, 6) is 0.113. The van der Waals surface area contributed by atoms with E-state index in [1.165, 1.54) is 72.1 Å². The molecule has 10 aromatic carbocycles. The lowest BCUT2D eigenvalue weighted by Crippen LogP contribution is -2.07. The highest BCUT2D eigenvalue weighted by molar-refractivity contribution is 9.11. The van der Waals surface area contributed by atoms with Gasteiger partial charge in [0.25, 0.3) is 5.89 Å². The van der Waals surface area contributed by atoms with Gasteiger partial charge >= 0.3 is 29.8 Å². The molecule has 10 aromatic heterocycles. The molecule has 0 aliphatic carbocycles. The van der Waals surface area contributed by atoms with Gasteiger partial charge in [-0.2, -0.15) is 48.0 Å². The van der Waals surface area contributed by atoms with E-state index in [9.17, 15) is 24.0 Å². The van der Waals surface area contributed by atoms with E-state index in [-0.39, 0.29) is 58.3 Å². The van der Waals surface area contributed by atoms with Crippen LogP contribution in [0.2, 0.25) is 30.1 Å². The van der Waals surface area contributed by atoms with Gasteiger partial charge in [0.1, 0.15) is 27.8 Å². The largest absolute Gasteiger partial charge is 0.464 e. The van der Waals surface area contributed by atoms with Crippen LogP contribution in [0.25, 0.3) is 140 Å². The van der Waals surface area contributed by atoms with Crippen molar-refractivity contribution in [3.05, 3.63) is 350 Å². The first-order valence-corrected chi connectivity index (χ1v) is 50.5. The summed E-state index contributed by atoms with van der Waals surface area (Å²) in [5, 5.41) is 30.9. The van der Waals surface area contributed by atoms with Crippen molar-refractivity contribution in [1.82, 2.24) is 96.5 Å². The number of nitrogens with zero attached hydrogens (tertiary/aromatic N) is 20. The topological polar surface area (TPSA) is 363 Å². The van der Waals surface area contributed by atoms with Crippen LogP contribution in [0.3, 0.4) is 0 Å². The summed E-state index contributed by atoms with van der Waals surface area (Å²) >= 11 is 50.2. The highest BCUT2D eigenvalue weighted by Gasteiger charge is 2.34. The second-order valence-electron chi connectivity index (χ2n) is 31.1. The Hall–Kier alpha value is -14.3. The van der Waals surface area contributed by atoms with Crippen molar-refractivity contribution in [3.63, 3.8) is 0 Å². The van der Waals surface area contributed by atoms with Gasteiger partial charge in [-0.05, 0) is 217 Å². The molecular weight excluding hydrogens is 2180 g/mol. The zero-order valence-electron chi connectivity index (χ0n) is 77.8. The second-order valence-corrected chi connectivity index (χ2v) is 38.1. The van der Waals surface area contributed by atoms with E-state index in [1.807, 2.05) is 229 Å². The Labute approximate surface area is 891 Å². The average Bonchev–Trinajstić information content (AvgIpc) is 1.62. The van der Waals surface area contributed by atoms with Crippen molar-refractivity contribution >= 4 is 177 Å². The van der Waals surface area contributed by atoms with Gasteiger partial charge in [0.15, 0.2) is 77.5 Å². The summed E-state index contributed by atoms with van der Waals surface area (Å²) in [6.07, 6.45) is 0. The molecule has 0 spiro atoms. The Bertz CT molecular complexity index is 8020. The average molecular weight is 2260 g/mol. The lowest BCUT2D eigenvalue weighted by molar-refractivity contribution is 0.0509. The minimum absolute atomic E-state index is 0.0243. The fourth-order valence-corrected chi connectivity index (χ4v) is 19.9. The van der Waals surface area contributed by atoms with E-state index >= 15 is 0 Å². The lowest BCUT2D eigenvalue weighted by Gasteiger charge is -2.07. The van der Waals surface area contributed by atoms with Gasteiger partial charge in [-0.15, -0.1) is 0 Å². The first-order chi connectivity index (χ1) is 70.1. The van der Waals surface area contributed by atoms with Crippen LogP contribution in [0.15, 0.2) is 268 Å². The monoisotopic (exact) mass is 2250 g/mol. The number of methoxy groups -OCH3 is 3. The summed E-state index contributed by atoms with van der Waals surface area (Å²) in [6, 6.07) is 78.9. The zero-order chi connectivity index (χ0) is 102. The van der Waals surface area contributed by atoms with Crippen molar-refractivity contribution in [2.45, 2.75) is 48.5 Å². The number of aromatic nitrogens is 20. The normalized spacial score (nSPS) is 10.9. The predicted octanol–water partition coefficient (Wildman–Crippen LogP) is 26.5. The van der Waals surface area contributed by atoms with Gasteiger partial charge < -0.3 is 28.2 Å². The molecule has 0 saturated carbocycles. The number of esters is 5. The number of aryl methyl sites for hydroxylation is 5. The smallest absolute Gasteiger partial charge is 0.360 e. The Balaban J connectivity index is 0.000000130. The molecule has 20 aromatic rings. The highest BCUT2D eigenvalue weighted by Crippen LogP contribution is 2.43. The van der Waals surface area contributed by atoms with Crippen LogP contribution in [0, 0.1) is 34.6 Å². The van der Waals surface area contributed by atoms with Crippen LogP contribution in [-0.4, -0.2) is 161 Å². The minimum atomic E-state index is -0.694. The van der Waals surface area contributed by atoms with Crippen LogP contribution < -0.4 is 0 Å². The Morgan fingerprint density at radius 2 is 0.607 bits per heavy atom. The number of carbonyl (C=O) groups excluding carboxylic acids is 5. The molecular formula is C102H76Br2Cl6N20O11S4. The quantitative estimate of drug-likeness (QED) is 0.0449. The molecule has 0 saturated heterocycles. The molecule has 0 atom stereocenters. The highest BCUT2D eigenvalue weighted by atomic mass is 79.9. The molecule has 0 aliphatic rings. The zero-order valence-corrected chi connectivity index (χ0v) is 88.7. The fourth-order valence-electron chi connectivity index (χ4n) is 14.2. The van der Waals surface area contributed by atoms with Gasteiger partial charge in [0.2, 0.25) is 5.82 Å². The molecule has 0 radical (unpaired) electrons. The third-order valence-corrected chi connectivity index (χ3v) is 27.3. The number of para-hydroxylation sites is 5. The van der Waals surface area contributed by atoms with Crippen LogP contribution in [-0.2, 0) is 23.7 Å². The number of halogens is 8. The standard InChI is InChI=1S/C21H16BrClN4O2S.C21H17ClN4O2S.C20H14BrClN4O2S.C20H14Cl2N4O3.C20H15ClN4O2S/c1-3-29-21(28)17-16(22)18(27(25-17)15-10-5-4-9-14(15)23)20-24-19(26-30-20)13-8-6-7-12(2)11-13;1-3-28-21(27)16-12-18(26(24-16)17-10-5-4-9-15(17)22)20-23-19(25-29-20)14-8-6-7-13(2)11-14;1-11-6-5-7-12(10-11)18-23-19(29-25-18)17-15(21)16(20(27)28-2)24-26(17)14-9-4-3-8-13(14)22;1-11-6-5-7-12(10-11)18-23-19(29-25-18)17-15(22)16(20(27)28-2)24-26(17)14-9-4-3-8-13(14)21;1-12-6-5-7-13(10-12)18-22-19(28-24-18)17-11-15(20(26)27-2)23-25(17)16-9-4-3-8-14(16)21/h4-11H,3H2,1-2H3;4-12H,3H2,1-2H3;2*3-10H,1-2H3;3-11H,1-2H3. The molecule has 10 heterocycles. The molecule has 0 unspecified atom stereocenters. The van der Waals surface area contributed by atoms with Crippen LogP contribution in [0.1, 0.15) is 94.1 Å². The van der Waals surface area contributed by atoms with Gasteiger partial charge in [-0.1, -0.05) is 254 Å². The van der Waals surface area contributed by atoms with E-state index in [1.54, 1.807) is 93.2 Å². The number of carbonyl (C=O) groups is 5. The minimum Gasteiger partial charge on any atom is -0.464 e. The third-order valence-electron chi connectivity index (χ3n) is 21.0. The van der Waals surface area contributed by atoms with E-state index in [0.717, 1.165) is 55.6 Å². The number of ether oxygens (including phenoxy) is 5.